The first-order valence-corrected chi connectivity index (χ1v) is 12.0. The molecule has 1 aliphatic heterocycles. The standard InChI is InChI=1S/C26H23ClN6O2S/c1-16(34)30-20-14-18(9-10-22(20)35-2)33-25(24(31-26(33)36)19-6-3-4-12-28-19)21-7-5-13-32(21)23-11-8-17(27)15-29-23/h3-15,24-25H,1-2H3,(H,30,34)(H,31,36)/t24-,25+/m0/s1. The third kappa shape index (κ3) is 4.50. The van der Waals surface area contributed by atoms with Crippen molar-refractivity contribution < 1.29 is 9.53 Å². The normalized spacial score (nSPS) is 17.1. The maximum absolute atomic E-state index is 11.8. The van der Waals surface area contributed by atoms with Crippen LogP contribution < -0.4 is 20.3 Å². The van der Waals surface area contributed by atoms with Gasteiger partial charge in [0.05, 0.1) is 29.6 Å². The number of hydrogen-bond donors (Lipinski definition) is 2. The summed E-state index contributed by atoms with van der Waals surface area (Å²) in [6.07, 6.45) is 5.34. The smallest absolute Gasteiger partial charge is 0.221 e. The molecule has 1 fully saturated rings. The van der Waals surface area contributed by atoms with Crippen LogP contribution in [0.1, 0.15) is 30.4 Å². The minimum atomic E-state index is -0.279. The number of nitrogens with zero attached hydrogens (tertiary/aromatic N) is 4. The summed E-state index contributed by atoms with van der Waals surface area (Å²) >= 11 is 11.9. The largest absolute Gasteiger partial charge is 0.495 e. The molecule has 4 heterocycles. The number of amides is 1. The Balaban J connectivity index is 1.66. The Morgan fingerprint density at radius 3 is 2.69 bits per heavy atom. The average Bonchev–Trinajstić information content (AvgIpc) is 3.49. The van der Waals surface area contributed by atoms with Gasteiger partial charge in [-0.1, -0.05) is 17.7 Å². The lowest BCUT2D eigenvalue weighted by atomic mass is 10.0. The van der Waals surface area contributed by atoms with Gasteiger partial charge >= 0.3 is 0 Å². The molecule has 1 saturated heterocycles. The summed E-state index contributed by atoms with van der Waals surface area (Å²) in [6.45, 7) is 1.46. The molecule has 182 valence electrons. The number of rotatable bonds is 6. The number of aromatic nitrogens is 3. The average molecular weight is 519 g/mol. The van der Waals surface area contributed by atoms with Crippen molar-refractivity contribution in [3.8, 4) is 11.6 Å². The Kier molecular flexibility index (Phi) is 6.58. The van der Waals surface area contributed by atoms with Crippen LogP contribution in [0.15, 0.2) is 79.3 Å². The van der Waals surface area contributed by atoms with Crippen LogP contribution in [0.3, 0.4) is 0 Å². The van der Waals surface area contributed by atoms with Gasteiger partial charge < -0.3 is 24.8 Å². The van der Waals surface area contributed by atoms with Crippen LogP contribution in [0.5, 0.6) is 5.75 Å². The third-order valence-electron chi connectivity index (χ3n) is 5.91. The fourth-order valence-corrected chi connectivity index (χ4v) is 4.88. The van der Waals surface area contributed by atoms with Crippen molar-refractivity contribution >= 4 is 46.2 Å². The van der Waals surface area contributed by atoms with Crippen LogP contribution in [-0.4, -0.2) is 32.7 Å². The Hall–Kier alpha value is -3.95. The number of pyridine rings is 2. The van der Waals surface area contributed by atoms with E-state index in [9.17, 15) is 4.79 Å². The van der Waals surface area contributed by atoms with Gasteiger partial charge in [-0.2, -0.15) is 0 Å². The molecule has 2 atom stereocenters. The summed E-state index contributed by atoms with van der Waals surface area (Å²) < 4.78 is 7.46. The highest BCUT2D eigenvalue weighted by molar-refractivity contribution is 7.80. The van der Waals surface area contributed by atoms with E-state index < -0.39 is 0 Å². The van der Waals surface area contributed by atoms with Crippen LogP contribution >= 0.6 is 23.8 Å². The Labute approximate surface area is 218 Å². The van der Waals surface area contributed by atoms with Gasteiger partial charge in [-0.25, -0.2) is 4.98 Å². The van der Waals surface area contributed by atoms with Gasteiger partial charge in [-0.15, -0.1) is 0 Å². The molecular weight excluding hydrogens is 496 g/mol. The van der Waals surface area contributed by atoms with E-state index in [-0.39, 0.29) is 18.0 Å². The van der Waals surface area contributed by atoms with Gasteiger partial charge in [0.1, 0.15) is 17.6 Å². The zero-order chi connectivity index (χ0) is 25.2. The monoisotopic (exact) mass is 518 g/mol. The van der Waals surface area contributed by atoms with Crippen molar-refractivity contribution in [3.05, 3.63) is 95.7 Å². The number of carbonyl (C=O) groups excluding carboxylic acids is 1. The van der Waals surface area contributed by atoms with Crippen LogP contribution in [0.4, 0.5) is 11.4 Å². The van der Waals surface area contributed by atoms with Crippen molar-refractivity contribution in [2.75, 3.05) is 17.3 Å². The van der Waals surface area contributed by atoms with Gasteiger partial charge in [0.15, 0.2) is 5.11 Å². The highest BCUT2D eigenvalue weighted by atomic mass is 35.5. The Bertz CT molecular complexity index is 1410. The highest BCUT2D eigenvalue weighted by Crippen LogP contribution is 2.43. The summed E-state index contributed by atoms with van der Waals surface area (Å²) in [6, 6.07) is 18.6. The number of halogens is 1. The molecule has 2 N–H and O–H groups in total. The molecule has 0 spiro atoms. The van der Waals surface area contributed by atoms with Crippen LogP contribution in [0.25, 0.3) is 5.82 Å². The van der Waals surface area contributed by atoms with Gasteiger partial charge in [-0.3, -0.25) is 9.78 Å². The van der Waals surface area contributed by atoms with E-state index in [0.29, 0.717) is 21.6 Å². The van der Waals surface area contributed by atoms with Crippen molar-refractivity contribution in [2.24, 2.45) is 0 Å². The molecule has 3 aromatic heterocycles. The maximum atomic E-state index is 11.8. The lowest BCUT2D eigenvalue weighted by molar-refractivity contribution is -0.114. The molecule has 1 aliphatic rings. The highest BCUT2D eigenvalue weighted by Gasteiger charge is 2.42. The van der Waals surface area contributed by atoms with Crippen LogP contribution in [0, 0.1) is 0 Å². The summed E-state index contributed by atoms with van der Waals surface area (Å²) in [4.78, 5) is 23.0. The molecular formula is C26H23ClN6O2S. The van der Waals surface area contributed by atoms with Crippen LogP contribution in [0.2, 0.25) is 5.02 Å². The van der Waals surface area contributed by atoms with E-state index in [4.69, 9.17) is 28.6 Å². The molecule has 1 aromatic carbocycles. The fourth-order valence-electron chi connectivity index (χ4n) is 4.42. The molecule has 5 rings (SSSR count). The van der Waals surface area contributed by atoms with E-state index in [1.807, 2.05) is 76.3 Å². The Morgan fingerprint density at radius 1 is 1.14 bits per heavy atom. The lowest BCUT2D eigenvalue weighted by Crippen LogP contribution is -2.30. The second kappa shape index (κ2) is 9.96. The number of nitrogens with one attached hydrogen (secondary N) is 2. The predicted molar refractivity (Wildman–Crippen MR) is 144 cm³/mol. The Morgan fingerprint density at radius 2 is 2.00 bits per heavy atom. The molecule has 36 heavy (non-hydrogen) atoms. The number of ether oxygens (including phenoxy) is 1. The topological polar surface area (TPSA) is 84.3 Å². The first kappa shape index (κ1) is 23.8. The van der Waals surface area contributed by atoms with E-state index in [2.05, 4.69) is 20.6 Å². The van der Waals surface area contributed by atoms with Crippen molar-refractivity contribution in [1.82, 2.24) is 19.9 Å². The second-order valence-electron chi connectivity index (χ2n) is 8.20. The fraction of sp³-hybridized carbons (Fsp3) is 0.154. The van der Waals surface area contributed by atoms with Gasteiger partial charge in [0.25, 0.3) is 0 Å². The first-order valence-electron chi connectivity index (χ1n) is 11.2. The first-order chi connectivity index (χ1) is 17.5. The second-order valence-corrected chi connectivity index (χ2v) is 9.02. The summed E-state index contributed by atoms with van der Waals surface area (Å²) in [5, 5.41) is 7.40. The summed E-state index contributed by atoms with van der Waals surface area (Å²) in [5.41, 5.74) is 3.14. The number of anilines is 2. The van der Waals surface area contributed by atoms with Crippen molar-refractivity contribution in [2.45, 2.75) is 19.0 Å². The quantitative estimate of drug-likeness (QED) is 0.345. The zero-order valence-electron chi connectivity index (χ0n) is 19.6. The number of benzene rings is 1. The SMILES string of the molecule is COc1ccc(N2C(=S)N[C@@H](c3ccccn3)[C@H]2c2cccn2-c2ccc(Cl)cn2)cc1NC(C)=O. The molecule has 8 nitrogen and oxygen atoms in total. The molecule has 1 amide bonds. The molecule has 10 heteroatoms. The number of methoxy groups -OCH3 is 1. The van der Waals surface area contributed by atoms with E-state index in [1.54, 1.807) is 19.5 Å². The third-order valence-corrected chi connectivity index (χ3v) is 6.45. The molecule has 0 saturated carbocycles. The zero-order valence-corrected chi connectivity index (χ0v) is 21.1. The van der Waals surface area contributed by atoms with Gasteiger partial charge in [-0.05, 0) is 66.8 Å². The number of hydrogen-bond acceptors (Lipinski definition) is 5. The minimum absolute atomic E-state index is 0.196. The van der Waals surface area contributed by atoms with Crippen molar-refractivity contribution in [1.29, 1.82) is 0 Å². The van der Waals surface area contributed by atoms with Gasteiger partial charge in [0.2, 0.25) is 5.91 Å². The van der Waals surface area contributed by atoms with E-state index >= 15 is 0 Å². The molecule has 0 unspecified atom stereocenters. The molecule has 0 bridgehead atoms. The molecule has 0 aliphatic carbocycles. The van der Waals surface area contributed by atoms with Gasteiger partial charge in [0, 0.05) is 36.9 Å². The maximum Gasteiger partial charge on any atom is 0.221 e. The summed E-state index contributed by atoms with van der Waals surface area (Å²) in [5.74, 6) is 1.09. The number of carbonyl (C=O) groups is 1. The van der Waals surface area contributed by atoms with Crippen molar-refractivity contribution in [3.63, 3.8) is 0 Å². The summed E-state index contributed by atoms with van der Waals surface area (Å²) in [7, 11) is 1.56. The molecule has 4 aromatic rings. The van der Waals surface area contributed by atoms with Crippen LogP contribution in [-0.2, 0) is 4.79 Å². The minimum Gasteiger partial charge on any atom is -0.495 e. The van der Waals surface area contributed by atoms with E-state index in [0.717, 1.165) is 22.9 Å². The lowest BCUT2D eigenvalue weighted by Gasteiger charge is -2.29. The molecule has 0 radical (unpaired) electrons. The predicted octanol–water partition coefficient (Wildman–Crippen LogP) is 5.06. The number of thiocarbonyl (C=S) groups is 1. The van der Waals surface area contributed by atoms with E-state index in [1.165, 1.54) is 6.92 Å².